The molecule has 2 fully saturated rings. The molecule has 0 unspecified atom stereocenters. The number of nitrogens with zero attached hydrogens (tertiary/aromatic N) is 2. The van der Waals surface area contributed by atoms with Crippen molar-refractivity contribution >= 4 is 0 Å². The van der Waals surface area contributed by atoms with E-state index >= 15 is 0 Å². The number of benzene rings is 1. The highest BCUT2D eigenvalue weighted by molar-refractivity contribution is 5.21. The third kappa shape index (κ3) is 4.22. The van der Waals surface area contributed by atoms with Crippen LogP contribution in [0.1, 0.15) is 36.4 Å². The van der Waals surface area contributed by atoms with Gasteiger partial charge in [-0.1, -0.05) is 30.3 Å². The van der Waals surface area contributed by atoms with E-state index in [0.717, 1.165) is 39.0 Å². The van der Waals surface area contributed by atoms with Crippen molar-refractivity contribution < 1.29 is 0 Å². The summed E-state index contributed by atoms with van der Waals surface area (Å²) in [6, 6.07) is 12.4. The van der Waals surface area contributed by atoms with Crippen LogP contribution in [0.4, 0.5) is 0 Å². The van der Waals surface area contributed by atoms with Gasteiger partial charge in [0.25, 0.3) is 5.56 Å². The van der Waals surface area contributed by atoms with Crippen molar-refractivity contribution in [1.82, 2.24) is 19.8 Å². The molecule has 27 heavy (non-hydrogen) atoms. The molecule has 2 aromatic rings. The highest BCUT2D eigenvalue weighted by Crippen LogP contribution is 2.44. The standard InChI is InChI=1S/C21H28N4O2/c1-24-13-17(16-5-3-2-4-6-16)12-21(15-24)7-9-25(10-8-21)14-18-11-19(26)23-20(27)22-18/h2-6,11,17H,7-10,12-15H2,1H3,(H2,22,23,26,27)/t17-/m1/s1. The summed E-state index contributed by atoms with van der Waals surface area (Å²) in [5.74, 6) is 0.598. The minimum Gasteiger partial charge on any atom is -0.310 e. The lowest BCUT2D eigenvalue weighted by atomic mass is 9.68. The first kappa shape index (κ1) is 18.2. The third-order valence-electron chi connectivity index (χ3n) is 6.21. The Bertz CT molecular complexity index is 853. The average molecular weight is 368 g/mol. The summed E-state index contributed by atoms with van der Waals surface area (Å²) in [4.78, 5) is 32.8. The molecule has 2 saturated heterocycles. The van der Waals surface area contributed by atoms with Gasteiger partial charge in [-0.25, -0.2) is 4.79 Å². The number of H-pyrrole nitrogens is 2. The molecule has 0 radical (unpaired) electrons. The van der Waals surface area contributed by atoms with Gasteiger partial charge in [-0.15, -0.1) is 0 Å². The minimum absolute atomic E-state index is 0.332. The Morgan fingerprint density at radius 2 is 1.85 bits per heavy atom. The lowest BCUT2D eigenvalue weighted by Gasteiger charge is -2.49. The van der Waals surface area contributed by atoms with Crippen LogP contribution in [0, 0.1) is 5.41 Å². The SMILES string of the molecule is CN1C[C@H](c2ccccc2)CC2(CCN(Cc3cc(=O)[nH]c(=O)[nH]3)CC2)C1. The molecule has 3 heterocycles. The number of aromatic amines is 2. The van der Waals surface area contributed by atoms with Crippen molar-refractivity contribution in [3.8, 4) is 0 Å². The van der Waals surface area contributed by atoms with E-state index in [0.29, 0.717) is 23.6 Å². The highest BCUT2D eigenvalue weighted by Gasteiger charge is 2.41. The van der Waals surface area contributed by atoms with E-state index < -0.39 is 5.69 Å². The molecule has 1 spiro atoms. The Kier molecular flexibility index (Phi) is 5.02. The maximum absolute atomic E-state index is 11.5. The predicted octanol–water partition coefficient (Wildman–Crippen LogP) is 1.76. The summed E-state index contributed by atoms with van der Waals surface area (Å²) >= 11 is 0. The lowest BCUT2D eigenvalue weighted by Crippen LogP contribution is -2.50. The van der Waals surface area contributed by atoms with Gasteiger partial charge >= 0.3 is 5.69 Å². The largest absolute Gasteiger partial charge is 0.325 e. The van der Waals surface area contributed by atoms with Crippen LogP contribution in [-0.2, 0) is 6.54 Å². The van der Waals surface area contributed by atoms with Crippen LogP contribution in [0.5, 0.6) is 0 Å². The number of aromatic nitrogens is 2. The molecule has 6 nitrogen and oxygen atoms in total. The molecule has 4 rings (SSSR count). The molecule has 2 aliphatic heterocycles. The van der Waals surface area contributed by atoms with Crippen LogP contribution in [0.25, 0.3) is 0 Å². The molecule has 0 aliphatic carbocycles. The van der Waals surface area contributed by atoms with Crippen molar-refractivity contribution in [1.29, 1.82) is 0 Å². The first-order valence-electron chi connectivity index (χ1n) is 9.80. The van der Waals surface area contributed by atoms with Gasteiger partial charge in [0.15, 0.2) is 0 Å². The number of nitrogens with one attached hydrogen (secondary N) is 2. The van der Waals surface area contributed by atoms with Crippen LogP contribution >= 0.6 is 0 Å². The monoisotopic (exact) mass is 368 g/mol. The molecule has 0 saturated carbocycles. The summed E-state index contributed by atoms with van der Waals surface area (Å²) < 4.78 is 0. The fourth-order valence-corrected chi connectivity index (χ4v) is 5.01. The Balaban J connectivity index is 1.42. The maximum Gasteiger partial charge on any atom is 0.325 e. The van der Waals surface area contributed by atoms with Crippen LogP contribution in [0.3, 0.4) is 0 Å². The van der Waals surface area contributed by atoms with Crippen LogP contribution in [-0.4, -0.2) is 53.0 Å². The number of hydrogen-bond acceptors (Lipinski definition) is 4. The molecule has 144 valence electrons. The van der Waals surface area contributed by atoms with Crippen LogP contribution in [0.2, 0.25) is 0 Å². The van der Waals surface area contributed by atoms with Gasteiger partial charge in [-0.3, -0.25) is 14.7 Å². The molecule has 1 atom stereocenters. The topological polar surface area (TPSA) is 72.2 Å². The number of piperidine rings is 2. The summed E-state index contributed by atoms with van der Waals surface area (Å²) in [7, 11) is 2.24. The lowest BCUT2D eigenvalue weighted by molar-refractivity contribution is 0.0215. The maximum atomic E-state index is 11.5. The Morgan fingerprint density at radius 1 is 1.11 bits per heavy atom. The van der Waals surface area contributed by atoms with Crippen molar-refractivity contribution in [2.75, 3.05) is 33.2 Å². The van der Waals surface area contributed by atoms with Gasteiger partial charge in [-0.2, -0.15) is 0 Å². The molecule has 0 bridgehead atoms. The van der Waals surface area contributed by atoms with Gasteiger partial charge in [0, 0.05) is 31.4 Å². The second-order valence-corrected chi connectivity index (χ2v) is 8.40. The zero-order chi connectivity index (χ0) is 18.9. The molecule has 0 amide bonds. The normalized spacial score (nSPS) is 23.5. The quantitative estimate of drug-likeness (QED) is 0.866. The Morgan fingerprint density at radius 3 is 2.56 bits per heavy atom. The number of hydrogen-bond donors (Lipinski definition) is 2. The van der Waals surface area contributed by atoms with Crippen LogP contribution < -0.4 is 11.2 Å². The Labute approximate surface area is 159 Å². The van der Waals surface area contributed by atoms with Gasteiger partial charge in [0.2, 0.25) is 0 Å². The number of likely N-dealkylation sites (tertiary alicyclic amines) is 2. The molecule has 1 aromatic carbocycles. The molecule has 2 N–H and O–H groups in total. The number of rotatable bonds is 3. The van der Waals surface area contributed by atoms with Crippen molar-refractivity contribution in [2.24, 2.45) is 5.41 Å². The zero-order valence-corrected chi connectivity index (χ0v) is 15.9. The van der Waals surface area contributed by atoms with E-state index in [-0.39, 0.29) is 5.56 Å². The van der Waals surface area contributed by atoms with Crippen molar-refractivity contribution in [2.45, 2.75) is 31.7 Å². The van der Waals surface area contributed by atoms with Gasteiger partial charge in [0.1, 0.15) is 0 Å². The van der Waals surface area contributed by atoms with Crippen LogP contribution in [0.15, 0.2) is 46.0 Å². The fraction of sp³-hybridized carbons (Fsp3) is 0.524. The van der Waals surface area contributed by atoms with E-state index in [4.69, 9.17) is 0 Å². The van der Waals surface area contributed by atoms with Gasteiger partial charge < -0.3 is 9.88 Å². The highest BCUT2D eigenvalue weighted by atomic mass is 16.2. The summed E-state index contributed by atoms with van der Waals surface area (Å²) in [6.45, 7) is 4.93. The van der Waals surface area contributed by atoms with E-state index in [9.17, 15) is 9.59 Å². The summed E-state index contributed by atoms with van der Waals surface area (Å²) in [6.07, 6.45) is 3.57. The predicted molar refractivity (Wildman–Crippen MR) is 106 cm³/mol. The first-order chi connectivity index (χ1) is 13.0. The van der Waals surface area contributed by atoms with Gasteiger partial charge in [-0.05, 0) is 56.3 Å². The third-order valence-corrected chi connectivity index (χ3v) is 6.21. The van der Waals surface area contributed by atoms with Crippen molar-refractivity contribution in [3.63, 3.8) is 0 Å². The summed E-state index contributed by atoms with van der Waals surface area (Å²) in [5.41, 5.74) is 1.76. The number of likely N-dealkylation sites (N-methyl/N-ethyl adjacent to an activating group) is 1. The molecule has 1 aromatic heterocycles. The van der Waals surface area contributed by atoms with Crippen molar-refractivity contribution in [3.05, 3.63) is 68.5 Å². The summed E-state index contributed by atoms with van der Waals surface area (Å²) in [5, 5.41) is 0. The second kappa shape index (κ2) is 7.44. The Hall–Kier alpha value is -2.18. The first-order valence-corrected chi connectivity index (χ1v) is 9.80. The minimum atomic E-state index is -0.425. The van der Waals surface area contributed by atoms with Gasteiger partial charge in [0.05, 0.1) is 0 Å². The fourth-order valence-electron chi connectivity index (χ4n) is 5.01. The molecular weight excluding hydrogens is 340 g/mol. The second-order valence-electron chi connectivity index (χ2n) is 8.40. The van der Waals surface area contributed by atoms with E-state index in [1.165, 1.54) is 18.1 Å². The van der Waals surface area contributed by atoms with E-state index in [2.05, 4.69) is 57.1 Å². The molecular formula is C21H28N4O2. The van der Waals surface area contributed by atoms with E-state index in [1.54, 1.807) is 0 Å². The smallest absolute Gasteiger partial charge is 0.310 e. The van der Waals surface area contributed by atoms with E-state index in [1.807, 2.05) is 0 Å². The molecule has 2 aliphatic rings. The average Bonchev–Trinajstić information content (AvgIpc) is 2.63. The zero-order valence-electron chi connectivity index (χ0n) is 15.9. The molecule has 6 heteroatoms.